The van der Waals surface area contributed by atoms with Gasteiger partial charge in [0.2, 0.25) is 0 Å². The Morgan fingerprint density at radius 3 is 2.60 bits per heavy atom. The Kier molecular flexibility index (Phi) is 4.28. The molecule has 20 heavy (non-hydrogen) atoms. The normalized spacial score (nSPS) is 13.2. The predicted molar refractivity (Wildman–Crippen MR) is 75.9 cm³/mol. The summed E-state index contributed by atoms with van der Waals surface area (Å²) in [6.45, 7) is 2.34. The summed E-state index contributed by atoms with van der Waals surface area (Å²) in [5.41, 5.74) is 0.272. The second-order valence-corrected chi connectivity index (χ2v) is 4.72. The summed E-state index contributed by atoms with van der Waals surface area (Å²) in [4.78, 5) is 7.99. The first-order chi connectivity index (χ1) is 9.62. The first-order valence-corrected chi connectivity index (χ1v) is 6.36. The molecule has 0 amide bonds. The molecule has 2 rings (SSSR count). The zero-order valence-electron chi connectivity index (χ0n) is 11.2. The zero-order chi connectivity index (χ0) is 14.4. The first-order valence-electron chi connectivity index (χ1n) is 6.36. The molecule has 2 aromatic rings. The van der Waals surface area contributed by atoms with Gasteiger partial charge in [-0.15, -0.1) is 0 Å². The van der Waals surface area contributed by atoms with Crippen molar-refractivity contribution in [1.29, 1.82) is 5.26 Å². The number of benzene rings is 1. The molecule has 0 aliphatic heterocycles. The molecule has 5 heteroatoms. The van der Waals surface area contributed by atoms with E-state index in [4.69, 9.17) is 5.26 Å². The Morgan fingerprint density at radius 2 is 2.00 bits per heavy atom. The number of hydrogen-bond donors (Lipinski definition) is 2. The van der Waals surface area contributed by atoms with Crippen LogP contribution < -0.4 is 5.32 Å². The highest BCUT2D eigenvalue weighted by Crippen LogP contribution is 2.23. The highest BCUT2D eigenvalue weighted by molar-refractivity contribution is 5.33. The number of aromatic nitrogens is 2. The van der Waals surface area contributed by atoms with Gasteiger partial charge in [0.05, 0.1) is 18.0 Å². The molecule has 1 atom stereocenters. The predicted octanol–water partition coefficient (Wildman–Crippen LogP) is 2.06. The number of aliphatic hydroxyl groups is 1. The fourth-order valence-electron chi connectivity index (χ4n) is 1.85. The second kappa shape index (κ2) is 6.13. The van der Waals surface area contributed by atoms with Gasteiger partial charge in [0, 0.05) is 6.54 Å². The van der Waals surface area contributed by atoms with Crippen LogP contribution in [-0.4, -0.2) is 21.6 Å². The van der Waals surface area contributed by atoms with E-state index in [1.165, 1.54) is 12.4 Å². The number of nitrogens with one attached hydrogen (secondary N) is 1. The average Bonchev–Trinajstić information content (AvgIpc) is 2.49. The summed E-state index contributed by atoms with van der Waals surface area (Å²) in [6, 6.07) is 11.5. The Labute approximate surface area is 117 Å². The van der Waals surface area contributed by atoms with Crippen LogP contribution in [-0.2, 0) is 5.60 Å². The highest BCUT2D eigenvalue weighted by atomic mass is 16.3. The van der Waals surface area contributed by atoms with E-state index in [9.17, 15) is 5.11 Å². The SMILES string of the molecule is CC(O)(CCNc1cnc(C#N)cn1)c1ccccc1. The fraction of sp³-hybridized carbons (Fsp3) is 0.267. The zero-order valence-corrected chi connectivity index (χ0v) is 11.2. The Morgan fingerprint density at radius 1 is 1.25 bits per heavy atom. The van der Waals surface area contributed by atoms with Gasteiger partial charge in [-0.05, 0) is 18.9 Å². The van der Waals surface area contributed by atoms with Gasteiger partial charge in [-0.3, -0.25) is 0 Å². The Balaban J connectivity index is 1.90. The van der Waals surface area contributed by atoms with E-state index in [1.807, 2.05) is 36.4 Å². The van der Waals surface area contributed by atoms with Crippen LogP contribution in [0, 0.1) is 11.3 Å². The topological polar surface area (TPSA) is 81.8 Å². The van der Waals surface area contributed by atoms with Gasteiger partial charge in [-0.25, -0.2) is 9.97 Å². The molecular formula is C15H16N4O. The third kappa shape index (κ3) is 3.53. The monoisotopic (exact) mass is 268 g/mol. The molecule has 1 aromatic carbocycles. The van der Waals surface area contributed by atoms with Crippen LogP contribution in [0.15, 0.2) is 42.7 Å². The summed E-state index contributed by atoms with van der Waals surface area (Å²) in [5, 5.41) is 22.1. The summed E-state index contributed by atoms with van der Waals surface area (Å²) >= 11 is 0. The minimum absolute atomic E-state index is 0.284. The van der Waals surface area contributed by atoms with E-state index in [0.29, 0.717) is 18.8 Å². The molecule has 1 unspecified atom stereocenters. The van der Waals surface area contributed by atoms with Crippen molar-refractivity contribution in [3.05, 3.63) is 54.0 Å². The van der Waals surface area contributed by atoms with Crippen molar-refractivity contribution in [3.8, 4) is 6.07 Å². The van der Waals surface area contributed by atoms with E-state index in [1.54, 1.807) is 6.92 Å². The highest BCUT2D eigenvalue weighted by Gasteiger charge is 2.21. The molecule has 0 bridgehead atoms. The van der Waals surface area contributed by atoms with Crippen molar-refractivity contribution in [2.24, 2.45) is 0 Å². The summed E-state index contributed by atoms with van der Waals surface area (Å²) in [6.07, 6.45) is 3.46. The standard InChI is InChI=1S/C15H16N4O/c1-15(20,12-5-3-2-4-6-12)7-8-17-14-11-18-13(9-16)10-19-14/h2-6,10-11,20H,7-8H2,1H3,(H,17,19). The molecule has 0 radical (unpaired) electrons. The minimum Gasteiger partial charge on any atom is -0.385 e. The van der Waals surface area contributed by atoms with Crippen molar-refractivity contribution in [2.75, 3.05) is 11.9 Å². The molecule has 0 saturated heterocycles. The largest absolute Gasteiger partial charge is 0.385 e. The molecular weight excluding hydrogens is 252 g/mol. The molecule has 0 spiro atoms. The van der Waals surface area contributed by atoms with Gasteiger partial charge in [-0.1, -0.05) is 30.3 Å². The van der Waals surface area contributed by atoms with Crippen LogP contribution >= 0.6 is 0 Å². The van der Waals surface area contributed by atoms with Crippen molar-refractivity contribution in [1.82, 2.24) is 9.97 Å². The summed E-state index contributed by atoms with van der Waals surface area (Å²) in [7, 11) is 0. The number of hydrogen-bond acceptors (Lipinski definition) is 5. The maximum Gasteiger partial charge on any atom is 0.158 e. The van der Waals surface area contributed by atoms with Crippen molar-refractivity contribution < 1.29 is 5.11 Å². The Hall–Kier alpha value is -2.45. The second-order valence-electron chi connectivity index (χ2n) is 4.72. The van der Waals surface area contributed by atoms with E-state index >= 15 is 0 Å². The Bertz CT molecular complexity index is 588. The van der Waals surface area contributed by atoms with Crippen LogP contribution in [0.3, 0.4) is 0 Å². The molecule has 0 fully saturated rings. The molecule has 2 N–H and O–H groups in total. The van der Waals surface area contributed by atoms with Crippen LogP contribution in [0.1, 0.15) is 24.6 Å². The van der Waals surface area contributed by atoms with Crippen LogP contribution in [0.25, 0.3) is 0 Å². The van der Waals surface area contributed by atoms with Crippen molar-refractivity contribution >= 4 is 5.82 Å². The quantitative estimate of drug-likeness (QED) is 0.867. The van der Waals surface area contributed by atoms with E-state index in [-0.39, 0.29) is 5.69 Å². The lowest BCUT2D eigenvalue weighted by atomic mass is 9.93. The maximum absolute atomic E-state index is 10.4. The third-order valence-electron chi connectivity index (χ3n) is 3.08. The number of nitrogens with zero attached hydrogens (tertiary/aromatic N) is 3. The maximum atomic E-state index is 10.4. The molecule has 0 saturated carbocycles. The smallest absolute Gasteiger partial charge is 0.158 e. The van der Waals surface area contributed by atoms with Crippen molar-refractivity contribution in [2.45, 2.75) is 18.9 Å². The fourth-order valence-corrected chi connectivity index (χ4v) is 1.85. The van der Waals surface area contributed by atoms with E-state index in [2.05, 4.69) is 15.3 Å². The molecule has 0 aliphatic carbocycles. The van der Waals surface area contributed by atoms with Gasteiger partial charge in [0.1, 0.15) is 11.9 Å². The van der Waals surface area contributed by atoms with Gasteiger partial charge in [-0.2, -0.15) is 5.26 Å². The lowest BCUT2D eigenvalue weighted by Gasteiger charge is -2.24. The number of rotatable bonds is 5. The van der Waals surface area contributed by atoms with Gasteiger partial charge >= 0.3 is 0 Å². The van der Waals surface area contributed by atoms with Gasteiger partial charge in [0.25, 0.3) is 0 Å². The van der Waals surface area contributed by atoms with Gasteiger partial charge < -0.3 is 10.4 Å². The molecule has 1 heterocycles. The average molecular weight is 268 g/mol. The summed E-state index contributed by atoms with van der Waals surface area (Å²) < 4.78 is 0. The van der Waals surface area contributed by atoms with Crippen molar-refractivity contribution in [3.63, 3.8) is 0 Å². The number of anilines is 1. The summed E-state index contributed by atoms with van der Waals surface area (Å²) in [5.74, 6) is 0.591. The van der Waals surface area contributed by atoms with Gasteiger partial charge in [0.15, 0.2) is 5.69 Å². The van der Waals surface area contributed by atoms with E-state index in [0.717, 1.165) is 5.56 Å². The van der Waals surface area contributed by atoms with Crippen LogP contribution in [0.5, 0.6) is 0 Å². The molecule has 1 aromatic heterocycles. The minimum atomic E-state index is -0.895. The van der Waals surface area contributed by atoms with E-state index < -0.39 is 5.60 Å². The molecule has 0 aliphatic rings. The molecule has 5 nitrogen and oxygen atoms in total. The lowest BCUT2D eigenvalue weighted by molar-refractivity contribution is 0.0515. The van der Waals surface area contributed by atoms with Crippen LogP contribution in [0.4, 0.5) is 5.82 Å². The first kappa shape index (κ1) is 14.0. The van der Waals surface area contributed by atoms with Crippen LogP contribution in [0.2, 0.25) is 0 Å². The lowest BCUT2D eigenvalue weighted by Crippen LogP contribution is -2.24. The number of nitriles is 1. The molecule has 102 valence electrons. The third-order valence-corrected chi connectivity index (χ3v) is 3.08.